The van der Waals surface area contributed by atoms with Crippen LogP contribution in [0, 0.1) is 19.8 Å². The summed E-state index contributed by atoms with van der Waals surface area (Å²) < 4.78 is 6.23. The molecule has 1 N–H and O–H groups in total. The minimum atomic E-state index is -0.358. The average Bonchev–Trinajstić information content (AvgIpc) is 3.05. The number of aromatic nitrogens is 3. The molecule has 0 fully saturated rings. The molecule has 1 aromatic carbocycles. The van der Waals surface area contributed by atoms with Gasteiger partial charge >= 0.3 is 0 Å². The Labute approximate surface area is 166 Å². The van der Waals surface area contributed by atoms with Crippen LogP contribution in [-0.4, -0.2) is 21.0 Å². The maximum atomic E-state index is 12.8. The highest BCUT2D eigenvalue weighted by Gasteiger charge is 2.25. The third kappa shape index (κ3) is 4.42. The van der Waals surface area contributed by atoms with E-state index in [9.17, 15) is 4.79 Å². The van der Waals surface area contributed by atoms with Crippen LogP contribution in [0.4, 0.5) is 0 Å². The lowest BCUT2D eigenvalue weighted by Gasteiger charge is -2.19. The van der Waals surface area contributed by atoms with E-state index in [0.29, 0.717) is 23.0 Å². The van der Waals surface area contributed by atoms with Gasteiger partial charge in [0.2, 0.25) is 5.89 Å². The second-order valence-electron chi connectivity index (χ2n) is 6.71. The van der Waals surface area contributed by atoms with E-state index in [1.165, 1.54) is 0 Å². The molecule has 27 heavy (non-hydrogen) atoms. The summed E-state index contributed by atoms with van der Waals surface area (Å²) in [5.74, 6) is 0.840. The molecule has 0 radical (unpaired) electrons. The second-order valence-corrected chi connectivity index (χ2v) is 7.63. The molecule has 2 heterocycles. The Hall–Kier alpha value is -2.54. The summed E-state index contributed by atoms with van der Waals surface area (Å²) in [5.41, 5.74) is 2.99. The first-order valence-corrected chi connectivity index (χ1v) is 9.49. The monoisotopic (exact) mass is 428 g/mol. The van der Waals surface area contributed by atoms with E-state index in [1.54, 1.807) is 13.0 Å². The van der Waals surface area contributed by atoms with Gasteiger partial charge in [0.25, 0.3) is 5.91 Å². The van der Waals surface area contributed by atoms with E-state index in [1.807, 2.05) is 51.1 Å². The van der Waals surface area contributed by atoms with Crippen molar-refractivity contribution in [2.24, 2.45) is 5.92 Å². The van der Waals surface area contributed by atoms with Crippen molar-refractivity contribution in [1.29, 1.82) is 0 Å². The number of nitrogens with one attached hydrogen (secondary N) is 1. The molecule has 7 heteroatoms. The minimum Gasteiger partial charge on any atom is -0.340 e. The van der Waals surface area contributed by atoms with Gasteiger partial charge in [0.05, 0.1) is 17.0 Å². The Morgan fingerprint density at radius 3 is 2.52 bits per heavy atom. The van der Waals surface area contributed by atoms with Gasteiger partial charge in [-0.25, -0.2) is 0 Å². The summed E-state index contributed by atoms with van der Waals surface area (Å²) in [6, 6.07) is 11.2. The van der Waals surface area contributed by atoms with E-state index in [4.69, 9.17) is 4.52 Å². The van der Waals surface area contributed by atoms with Crippen LogP contribution in [0.2, 0.25) is 0 Å². The molecular weight excluding hydrogens is 408 g/mol. The van der Waals surface area contributed by atoms with E-state index in [2.05, 4.69) is 36.4 Å². The summed E-state index contributed by atoms with van der Waals surface area (Å²) in [5, 5.41) is 6.81. The molecule has 3 aromatic rings. The Morgan fingerprint density at radius 2 is 1.93 bits per heavy atom. The van der Waals surface area contributed by atoms with Crippen molar-refractivity contribution in [2.75, 3.05) is 0 Å². The number of hydrogen-bond donors (Lipinski definition) is 1. The fourth-order valence-electron chi connectivity index (χ4n) is 2.78. The lowest BCUT2D eigenvalue weighted by Crippen LogP contribution is -2.32. The predicted octanol–water partition coefficient (Wildman–Crippen LogP) is 4.64. The lowest BCUT2D eigenvalue weighted by molar-refractivity contribution is 0.0913. The van der Waals surface area contributed by atoms with Gasteiger partial charge < -0.3 is 9.84 Å². The maximum absolute atomic E-state index is 12.8. The summed E-state index contributed by atoms with van der Waals surface area (Å²) in [4.78, 5) is 21.7. The number of amides is 1. The number of nitrogens with zero attached hydrogens (tertiary/aromatic N) is 3. The zero-order valence-electron chi connectivity index (χ0n) is 15.7. The van der Waals surface area contributed by atoms with E-state index in [-0.39, 0.29) is 17.9 Å². The third-order valence-corrected chi connectivity index (χ3v) is 4.71. The van der Waals surface area contributed by atoms with Gasteiger partial charge in [-0.15, -0.1) is 0 Å². The second kappa shape index (κ2) is 8.00. The number of aryl methyl sites for hydroxylation is 2. The van der Waals surface area contributed by atoms with Crippen LogP contribution in [-0.2, 0) is 0 Å². The third-order valence-electron chi connectivity index (χ3n) is 4.21. The Balaban J connectivity index is 1.84. The van der Waals surface area contributed by atoms with Gasteiger partial charge in [0.1, 0.15) is 6.04 Å². The average molecular weight is 429 g/mol. The van der Waals surface area contributed by atoms with Crippen LogP contribution in [0.25, 0.3) is 11.3 Å². The number of benzene rings is 1. The van der Waals surface area contributed by atoms with Crippen molar-refractivity contribution in [3.63, 3.8) is 0 Å². The Morgan fingerprint density at radius 1 is 1.15 bits per heavy atom. The summed E-state index contributed by atoms with van der Waals surface area (Å²) in [7, 11) is 0. The van der Waals surface area contributed by atoms with Crippen molar-refractivity contribution >= 4 is 21.8 Å². The smallest absolute Gasteiger partial charge is 0.253 e. The van der Waals surface area contributed by atoms with Crippen molar-refractivity contribution in [3.05, 3.63) is 63.8 Å². The number of carbonyl (C=O) groups excluding carboxylic acids is 1. The molecule has 0 aliphatic carbocycles. The van der Waals surface area contributed by atoms with Gasteiger partial charge in [-0.2, -0.15) is 4.98 Å². The first-order chi connectivity index (χ1) is 12.8. The Bertz CT molecular complexity index is 968. The topological polar surface area (TPSA) is 80.9 Å². The van der Waals surface area contributed by atoms with Gasteiger partial charge in [0, 0.05) is 10.0 Å². The zero-order valence-corrected chi connectivity index (χ0v) is 17.2. The summed E-state index contributed by atoms with van der Waals surface area (Å²) in [6.07, 6.45) is 0. The van der Waals surface area contributed by atoms with E-state index in [0.717, 1.165) is 15.7 Å². The molecule has 0 spiro atoms. The molecule has 2 aromatic heterocycles. The molecule has 0 aliphatic rings. The Kier molecular flexibility index (Phi) is 5.70. The molecule has 0 saturated carbocycles. The number of carbonyl (C=O) groups is 1. The molecule has 0 saturated heterocycles. The van der Waals surface area contributed by atoms with Crippen LogP contribution in [0.15, 0.2) is 45.4 Å². The highest BCUT2D eigenvalue weighted by Crippen LogP contribution is 2.24. The molecule has 140 valence electrons. The number of rotatable bonds is 5. The largest absolute Gasteiger partial charge is 0.340 e. The summed E-state index contributed by atoms with van der Waals surface area (Å²) in [6.45, 7) is 7.57. The predicted molar refractivity (Wildman–Crippen MR) is 106 cm³/mol. The van der Waals surface area contributed by atoms with E-state index < -0.39 is 0 Å². The van der Waals surface area contributed by atoms with Crippen molar-refractivity contribution in [1.82, 2.24) is 20.4 Å². The molecule has 1 atom stereocenters. The van der Waals surface area contributed by atoms with Crippen LogP contribution in [0.3, 0.4) is 0 Å². The van der Waals surface area contributed by atoms with E-state index >= 15 is 0 Å². The van der Waals surface area contributed by atoms with Gasteiger partial charge in [0.15, 0.2) is 5.82 Å². The first kappa shape index (κ1) is 19.2. The maximum Gasteiger partial charge on any atom is 0.253 e. The molecule has 3 rings (SSSR count). The minimum absolute atomic E-state index is 0.100. The SMILES string of the molecule is Cc1noc(C(NC(=O)c2ccc(-c3cccc(Br)c3)nc2C)C(C)C)n1. The molecule has 0 bridgehead atoms. The highest BCUT2D eigenvalue weighted by molar-refractivity contribution is 9.10. The molecule has 1 unspecified atom stereocenters. The number of hydrogen-bond acceptors (Lipinski definition) is 5. The molecule has 0 aliphatic heterocycles. The van der Waals surface area contributed by atoms with Crippen LogP contribution >= 0.6 is 15.9 Å². The van der Waals surface area contributed by atoms with Crippen LogP contribution < -0.4 is 5.32 Å². The van der Waals surface area contributed by atoms with Gasteiger partial charge in [-0.3, -0.25) is 9.78 Å². The fourth-order valence-corrected chi connectivity index (χ4v) is 3.18. The lowest BCUT2D eigenvalue weighted by atomic mass is 10.0. The normalized spacial score (nSPS) is 12.2. The standard InChI is InChI=1S/C20H21BrN4O2/c1-11(2)18(20-23-13(4)25-27-20)24-19(26)16-8-9-17(22-12(16)3)14-6-5-7-15(21)10-14/h5-11,18H,1-4H3,(H,24,26). The van der Waals surface area contributed by atoms with Crippen molar-refractivity contribution in [3.8, 4) is 11.3 Å². The fraction of sp³-hybridized carbons (Fsp3) is 0.300. The molecule has 1 amide bonds. The number of pyridine rings is 1. The summed E-state index contributed by atoms with van der Waals surface area (Å²) >= 11 is 3.47. The zero-order chi connectivity index (χ0) is 19.6. The van der Waals surface area contributed by atoms with Gasteiger partial charge in [-0.05, 0) is 44.0 Å². The van der Waals surface area contributed by atoms with Gasteiger partial charge in [-0.1, -0.05) is 47.1 Å². The number of halogens is 1. The molecule has 6 nitrogen and oxygen atoms in total. The quantitative estimate of drug-likeness (QED) is 0.639. The first-order valence-electron chi connectivity index (χ1n) is 8.70. The van der Waals surface area contributed by atoms with Crippen LogP contribution in [0.1, 0.15) is 47.7 Å². The molecular formula is C20H21BrN4O2. The highest BCUT2D eigenvalue weighted by atomic mass is 79.9. The van der Waals surface area contributed by atoms with Crippen molar-refractivity contribution < 1.29 is 9.32 Å². The van der Waals surface area contributed by atoms with Crippen molar-refractivity contribution in [2.45, 2.75) is 33.7 Å². The van der Waals surface area contributed by atoms with Crippen LogP contribution in [0.5, 0.6) is 0 Å².